The number of pyridine rings is 1. The molecule has 1 atom stereocenters. The monoisotopic (exact) mass is 391 g/mol. The highest BCUT2D eigenvalue weighted by molar-refractivity contribution is 6.32. The van der Waals surface area contributed by atoms with E-state index in [0.717, 1.165) is 40.3 Å². The molecule has 0 aliphatic carbocycles. The van der Waals surface area contributed by atoms with Crippen molar-refractivity contribution >= 4 is 11.6 Å². The quantitative estimate of drug-likeness (QED) is 0.475. The van der Waals surface area contributed by atoms with Crippen molar-refractivity contribution < 1.29 is 0 Å². The Hall–Kier alpha value is -2.92. The third-order valence-corrected chi connectivity index (χ3v) is 5.37. The Morgan fingerprint density at radius 1 is 1.04 bits per heavy atom. The highest BCUT2D eigenvalue weighted by Crippen LogP contribution is 2.39. The largest absolute Gasteiger partial charge is 0.327 e. The highest BCUT2D eigenvalue weighted by Gasteiger charge is 2.24. The van der Waals surface area contributed by atoms with E-state index < -0.39 is 0 Å². The molecule has 0 unspecified atom stereocenters. The summed E-state index contributed by atoms with van der Waals surface area (Å²) in [5.74, 6) is 0. The highest BCUT2D eigenvalue weighted by atomic mass is 35.5. The second-order valence-electron chi connectivity index (χ2n) is 6.96. The van der Waals surface area contributed by atoms with Crippen LogP contribution < -0.4 is 0 Å². The van der Waals surface area contributed by atoms with Crippen LogP contribution >= 0.6 is 11.6 Å². The van der Waals surface area contributed by atoms with Gasteiger partial charge in [0.1, 0.15) is 5.15 Å². The molecule has 0 radical (unpaired) electrons. The van der Waals surface area contributed by atoms with Crippen LogP contribution in [0.25, 0.3) is 22.5 Å². The zero-order chi connectivity index (χ0) is 19.7. The van der Waals surface area contributed by atoms with Crippen molar-refractivity contribution in [3.8, 4) is 22.5 Å². The van der Waals surface area contributed by atoms with Crippen LogP contribution in [0.1, 0.15) is 24.4 Å². The van der Waals surface area contributed by atoms with Gasteiger partial charge in [0.2, 0.25) is 0 Å². The minimum absolute atomic E-state index is 0.158. The SMILES string of the molecule is Cc1nn(C)c(Cl)c1-c1c(-c2ccccc2)ncn1[C@H](C)Cc1ccccn1. The van der Waals surface area contributed by atoms with Gasteiger partial charge in [-0.3, -0.25) is 9.67 Å². The van der Waals surface area contributed by atoms with Gasteiger partial charge in [-0.15, -0.1) is 0 Å². The third-order valence-electron chi connectivity index (χ3n) is 4.94. The molecule has 3 heterocycles. The van der Waals surface area contributed by atoms with Gasteiger partial charge in [-0.2, -0.15) is 5.10 Å². The fourth-order valence-electron chi connectivity index (χ4n) is 3.57. The molecular formula is C22H22ClN5. The van der Waals surface area contributed by atoms with E-state index in [-0.39, 0.29) is 6.04 Å². The molecule has 6 heteroatoms. The maximum absolute atomic E-state index is 6.65. The van der Waals surface area contributed by atoms with Gasteiger partial charge in [-0.05, 0) is 26.0 Å². The summed E-state index contributed by atoms with van der Waals surface area (Å²) in [6.07, 6.45) is 4.53. The topological polar surface area (TPSA) is 48.5 Å². The van der Waals surface area contributed by atoms with Crippen molar-refractivity contribution in [1.29, 1.82) is 0 Å². The van der Waals surface area contributed by atoms with E-state index in [0.29, 0.717) is 5.15 Å². The number of nitrogens with zero attached hydrogens (tertiary/aromatic N) is 5. The molecule has 0 spiro atoms. The summed E-state index contributed by atoms with van der Waals surface area (Å²) in [5, 5.41) is 5.13. The Morgan fingerprint density at radius 3 is 2.43 bits per heavy atom. The number of rotatable bonds is 5. The number of imidazole rings is 1. The van der Waals surface area contributed by atoms with Gasteiger partial charge in [0.25, 0.3) is 0 Å². The predicted molar refractivity (Wildman–Crippen MR) is 112 cm³/mol. The van der Waals surface area contributed by atoms with Crippen molar-refractivity contribution in [3.05, 3.63) is 77.6 Å². The second kappa shape index (κ2) is 7.60. The average molecular weight is 392 g/mol. The van der Waals surface area contributed by atoms with Gasteiger partial charge < -0.3 is 4.57 Å². The van der Waals surface area contributed by atoms with Gasteiger partial charge in [-0.1, -0.05) is 48.0 Å². The Morgan fingerprint density at radius 2 is 1.79 bits per heavy atom. The van der Waals surface area contributed by atoms with Crippen LogP contribution in [-0.2, 0) is 13.5 Å². The van der Waals surface area contributed by atoms with Gasteiger partial charge in [0, 0.05) is 37.0 Å². The molecule has 0 amide bonds. The molecule has 4 aromatic rings. The molecule has 4 rings (SSSR count). The van der Waals surface area contributed by atoms with Crippen LogP contribution in [0.2, 0.25) is 5.15 Å². The maximum atomic E-state index is 6.65. The van der Waals surface area contributed by atoms with Crippen LogP contribution in [0.4, 0.5) is 0 Å². The van der Waals surface area contributed by atoms with Crippen LogP contribution in [0, 0.1) is 6.92 Å². The molecule has 28 heavy (non-hydrogen) atoms. The van der Waals surface area contributed by atoms with Gasteiger partial charge >= 0.3 is 0 Å². The van der Waals surface area contributed by atoms with Gasteiger partial charge in [-0.25, -0.2) is 4.98 Å². The summed E-state index contributed by atoms with van der Waals surface area (Å²) in [6, 6.07) is 16.3. The van der Waals surface area contributed by atoms with Crippen LogP contribution in [0.15, 0.2) is 61.1 Å². The van der Waals surface area contributed by atoms with E-state index in [9.17, 15) is 0 Å². The van der Waals surface area contributed by atoms with Crippen molar-refractivity contribution in [3.63, 3.8) is 0 Å². The van der Waals surface area contributed by atoms with Gasteiger partial charge in [0.15, 0.2) is 0 Å². The van der Waals surface area contributed by atoms with Crippen molar-refractivity contribution in [2.75, 3.05) is 0 Å². The minimum atomic E-state index is 0.158. The average Bonchev–Trinajstić information content (AvgIpc) is 3.24. The lowest BCUT2D eigenvalue weighted by Crippen LogP contribution is -2.10. The van der Waals surface area contributed by atoms with E-state index in [4.69, 9.17) is 16.6 Å². The van der Waals surface area contributed by atoms with Gasteiger partial charge in [0.05, 0.1) is 29.0 Å². The smallest absolute Gasteiger partial charge is 0.136 e. The Labute approximate surface area is 169 Å². The van der Waals surface area contributed by atoms with E-state index in [2.05, 4.69) is 33.7 Å². The fraction of sp³-hybridized carbons (Fsp3) is 0.227. The molecule has 0 fully saturated rings. The zero-order valence-corrected chi connectivity index (χ0v) is 16.9. The maximum Gasteiger partial charge on any atom is 0.136 e. The van der Waals surface area contributed by atoms with Crippen molar-refractivity contribution in [2.45, 2.75) is 26.3 Å². The molecule has 0 aliphatic heterocycles. The van der Waals surface area contributed by atoms with E-state index in [1.165, 1.54) is 0 Å². The minimum Gasteiger partial charge on any atom is -0.327 e. The summed E-state index contributed by atoms with van der Waals surface area (Å²) < 4.78 is 3.90. The van der Waals surface area contributed by atoms with Crippen LogP contribution in [0.5, 0.6) is 0 Å². The summed E-state index contributed by atoms with van der Waals surface area (Å²) in [4.78, 5) is 9.24. The first kappa shape index (κ1) is 18.4. The lowest BCUT2D eigenvalue weighted by atomic mass is 10.0. The Kier molecular flexibility index (Phi) is 5.01. The van der Waals surface area contributed by atoms with E-state index >= 15 is 0 Å². The van der Waals surface area contributed by atoms with Crippen LogP contribution in [-0.4, -0.2) is 24.3 Å². The Bertz CT molecular complexity index is 1080. The van der Waals surface area contributed by atoms with E-state index in [1.807, 2.05) is 62.9 Å². The summed E-state index contributed by atoms with van der Waals surface area (Å²) >= 11 is 6.65. The molecule has 3 aromatic heterocycles. The molecule has 142 valence electrons. The van der Waals surface area contributed by atoms with Crippen molar-refractivity contribution in [2.24, 2.45) is 7.05 Å². The predicted octanol–water partition coefficient (Wildman–Crippen LogP) is 5.11. The number of halogens is 1. The van der Waals surface area contributed by atoms with Crippen LogP contribution in [0.3, 0.4) is 0 Å². The molecule has 0 saturated heterocycles. The molecule has 0 aliphatic rings. The zero-order valence-electron chi connectivity index (χ0n) is 16.2. The fourth-order valence-corrected chi connectivity index (χ4v) is 3.83. The Balaban J connectivity index is 1.86. The normalized spacial score (nSPS) is 12.3. The first-order valence-electron chi connectivity index (χ1n) is 9.28. The number of benzene rings is 1. The third kappa shape index (κ3) is 3.34. The first-order chi connectivity index (χ1) is 13.6. The number of hydrogen-bond acceptors (Lipinski definition) is 3. The number of hydrogen-bond donors (Lipinski definition) is 0. The summed E-state index contributed by atoms with van der Waals surface area (Å²) in [7, 11) is 1.86. The summed E-state index contributed by atoms with van der Waals surface area (Å²) in [5.41, 5.74) is 5.81. The molecule has 0 N–H and O–H groups in total. The molecule has 0 bridgehead atoms. The summed E-state index contributed by atoms with van der Waals surface area (Å²) in [6.45, 7) is 4.16. The lowest BCUT2D eigenvalue weighted by molar-refractivity contribution is 0.542. The first-order valence-corrected chi connectivity index (χ1v) is 9.65. The van der Waals surface area contributed by atoms with Crippen molar-refractivity contribution in [1.82, 2.24) is 24.3 Å². The van der Waals surface area contributed by atoms with E-state index in [1.54, 1.807) is 4.68 Å². The standard InChI is InChI=1S/C22H22ClN5/c1-15(13-18-11-7-8-12-24-18)28-14-25-20(17-9-5-4-6-10-17)21(28)19-16(2)26-27(3)22(19)23/h4-12,14-15H,13H2,1-3H3/t15-/m1/s1. The molecule has 0 saturated carbocycles. The molecular weight excluding hydrogens is 370 g/mol. The second-order valence-corrected chi connectivity index (χ2v) is 7.32. The number of aryl methyl sites for hydroxylation is 2. The molecule has 5 nitrogen and oxygen atoms in total. The molecule has 1 aromatic carbocycles. The lowest BCUT2D eigenvalue weighted by Gasteiger charge is -2.17. The number of aromatic nitrogens is 5.